The molecule has 1 amide bonds. The zero-order valence-corrected chi connectivity index (χ0v) is 15.8. The number of carboxylic acids is 1. The molecule has 7 heteroatoms. The lowest BCUT2D eigenvalue weighted by Crippen LogP contribution is -2.11. The van der Waals surface area contributed by atoms with E-state index in [-0.39, 0.29) is 12.3 Å². The number of nitrogens with zero attached hydrogens (tertiary/aromatic N) is 2. The second-order valence-electron chi connectivity index (χ2n) is 6.76. The van der Waals surface area contributed by atoms with Crippen molar-refractivity contribution in [2.45, 2.75) is 19.9 Å². The van der Waals surface area contributed by atoms with Crippen molar-refractivity contribution in [1.29, 1.82) is 0 Å². The Kier molecular flexibility index (Phi) is 4.87. The highest BCUT2D eigenvalue weighted by Crippen LogP contribution is 2.27. The number of aromatic nitrogens is 3. The molecule has 4 rings (SSSR count). The zero-order chi connectivity index (χ0) is 20.4. The largest absolute Gasteiger partial charge is 0.481 e. The Bertz CT molecular complexity index is 1210. The van der Waals surface area contributed by atoms with Crippen LogP contribution in [0.15, 0.2) is 61.1 Å². The molecule has 0 spiro atoms. The van der Waals surface area contributed by atoms with Gasteiger partial charge in [0.2, 0.25) is 0 Å². The maximum Gasteiger partial charge on any atom is 0.307 e. The highest BCUT2D eigenvalue weighted by Gasteiger charge is 2.11. The fraction of sp³-hybridized carbons (Fsp3) is 0.136. The first-order valence-electron chi connectivity index (χ1n) is 9.29. The highest BCUT2D eigenvalue weighted by molar-refractivity contribution is 6.05. The van der Waals surface area contributed by atoms with Gasteiger partial charge >= 0.3 is 5.97 Å². The van der Waals surface area contributed by atoms with Crippen LogP contribution in [-0.4, -0.2) is 31.7 Å². The molecule has 0 atom stereocenters. The van der Waals surface area contributed by atoms with E-state index in [1.54, 1.807) is 29.3 Å². The molecule has 7 nitrogen and oxygen atoms in total. The molecule has 2 aromatic heterocycles. The summed E-state index contributed by atoms with van der Waals surface area (Å²) in [6.45, 7) is 2.71. The average Bonchev–Trinajstić information content (AvgIpc) is 3.34. The summed E-state index contributed by atoms with van der Waals surface area (Å²) in [4.78, 5) is 26.8. The molecule has 29 heavy (non-hydrogen) atoms. The first-order valence-corrected chi connectivity index (χ1v) is 9.29. The van der Waals surface area contributed by atoms with Gasteiger partial charge in [-0.15, -0.1) is 0 Å². The first kappa shape index (κ1) is 18.5. The Morgan fingerprint density at radius 2 is 2.00 bits per heavy atom. The Balaban J connectivity index is 1.62. The molecule has 146 valence electrons. The van der Waals surface area contributed by atoms with Gasteiger partial charge in [0.15, 0.2) is 0 Å². The number of rotatable bonds is 6. The van der Waals surface area contributed by atoms with E-state index in [4.69, 9.17) is 5.11 Å². The highest BCUT2D eigenvalue weighted by atomic mass is 16.4. The SMILES string of the molecule is CCn1cc(NC(=O)c2cccc(-c3ccc4[nH]cc(CC(=O)O)c4c3)c2)cn1. The second kappa shape index (κ2) is 7.63. The van der Waals surface area contributed by atoms with Gasteiger partial charge in [-0.3, -0.25) is 14.3 Å². The van der Waals surface area contributed by atoms with E-state index in [0.717, 1.165) is 34.1 Å². The van der Waals surface area contributed by atoms with E-state index in [9.17, 15) is 9.59 Å². The van der Waals surface area contributed by atoms with Gasteiger partial charge in [0.05, 0.1) is 18.3 Å². The van der Waals surface area contributed by atoms with Crippen LogP contribution in [0.4, 0.5) is 5.69 Å². The summed E-state index contributed by atoms with van der Waals surface area (Å²) in [5.41, 5.74) is 4.59. The fourth-order valence-electron chi connectivity index (χ4n) is 3.31. The van der Waals surface area contributed by atoms with Gasteiger partial charge in [-0.2, -0.15) is 5.10 Å². The van der Waals surface area contributed by atoms with E-state index in [1.807, 2.05) is 43.3 Å². The van der Waals surface area contributed by atoms with Crippen LogP contribution in [0.25, 0.3) is 22.0 Å². The van der Waals surface area contributed by atoms with Crippen molar-refractivity contribution < 1.29 is 14.7 Å². The number of carbonyl (C=O) groups excluding carboxylic acids is 1. The molecule has 0 radical (unpaired) electrons. The van der Waals surface area contributed by atoms with Crippen LogP contribution in [0.5, 0.6) is 0 Å². The van der Waals surface area contributed by atoms with Crippen molar-refractivity contribution in [2.75, 3.05) is 5.32 Å². The molecular weight excluding hydrogens is 368 g/mol. The third kappa shape index (κ3) is 3.89. The number of fused-ring (bicyclic) bond motifs is 1. The predicted molar refractivity (Wildman–Crippen MR) is 111 cm³/mol. The minimum Gasteiger partial charge on any atom is -0.481 e. The normalized spacial score (nSPS) is 10.9. The molecule has 0 aliphatic heterocycles. The van der Waals surface area contributed by atoms with Crippen molar-refractivity contribution in [1.82, 2.24) is 14.8 Å². The minimum absolute atomic E-state index is 0.0443. The van der Waals surface area contributed by atoms with Crippen LogP contribution < -0.4 is 5.32 Å². The number of carbonyl (C=O) groups is 2. The summed E-state index contributed by atoms with van der Waals surface area (Å²) >= 11 is 0. The molecule has 0 fully saturated rings. The quantitative estimate of drug-likeness (QED) is 0.466. The number of benzene rings is 2. The van der Waals surface area contributed by atoms with Crippen molar-refractivity contribution in [3.63, 3.8) is 0 Å². The summed E-state index contributed by atoms with van der Waals surface area (Å²) in [6, 6.07) is 13.2. The van der Waals surface area contributed by atoms with Gasteiger partial charge in [0, 0.05) is 35.4 Å². The number of amides is 1. The molecule has 2 heterocycles. The molecule has 4 aromatic rings. The molecular formula is C22H20N4O3. The Morgan fingerprint density at radius 3 is 2.76 bits per heavy atom. The average molecular weight is 388 g/mol. The van der Waals surface area contributed by atoms with Crippen LogP contribution in [0.1, 0.15) is 22.8 Å². The van der Waals surface area contributed by atoms with Gasteiger partial charge in [-0.1, -0.05) is 18.2 Å². The van der Waals surface area contributed by atoms with E-state index in [2.05, 4.69) is 15.4 Å². The van der Waals surface area contributed by atoms with E-state index in [1.165, 1.54) is 0 Å². The lowest BCUT2D eigenvalue weighted by atomic mass is 10.00. The molecule has 0 bridgehead atoms. The smallest absolute Gasteiger partial charge is 0.307 e. The maximum absolute atomic E-state index is 12.6. The van der Waals surface area contributed by atoms with E-state index >= 15 is 0 Å². The van der Waals surface area contributed by atoms with Gasteiger partial charge in [-0.25, -0.2) is 0 Å². The molecule has 2 aromatic carbocycles. The number of nitrogens with one attached hydrogen (secondary N) is 2. The third-order valence-electron chi connectivity index (χ3n) is 4.78. The van der Waals surface area contributed by atoms with Gasteiger partial charge in [-0.05, 0) is 47.9 Å². The standard InChI is InChI=1S/C22H20N4O3/c1-2-26-13-18(12-24-26)25-22(29)16-5-3-4-14(8-16)15-6-7-20-19(9-15)17(11-23-20)10-21(27)28/h3-9,11-13,23H,2,10H2,1H3,(H,25,29)(H,27,28). The van der Waals surface area contributed by atoms with E-state index < -0.39 is 5.97 Å². The number of carboxylic acid groups (broad SMARTS) is 1. The van der Waals surface area contributed by atoms with Crippen LogP contribution in [0.3, 0.4) is 0 Å². The zero-order valence-electron chi connectivity index (χ0n) is 15.8. The lowest BCUT2D eigenvalue weighted by Gasteiger charge is -2.07. The summed E-state index contributed by atoms with van der Waals surface area (Å²) < 4.78 is 1.74. The summed E-state index contributed by atoms with van der Waals surface area (Å²) in [7, 11) is 0. The topological polar surface area (TPSA) is 100 Å². The summed E-state index contributed by atoms with van der Waals surface area (Å²) in [5.74, 6) is -1.09. The van der Waals surface area contributed by atoms with Crippen molar-refractivity contribution >= 4 is 28.5 Å². The third-order valence-corrected chi connectivity index (χ3v) is 4.78. The number of aromatic amines is 1. The Hall–Kier alpha value is -3.87. The van der Waals surface area contributed by atoms with Crippen molar-refractivity contribution in [3.8, 4) is 11.1 Å². The van der Waals surface area contributed by atoms with Gasteiger partial charge < -0.3 is 15.4 Å². The fourth-order valence-corrected chi connectivity index (χ4v) is 3.31. The number of H-pyrrole nitrogens is 1. The molecule has 0 aliphatic carbocycles. The Morgan fingerprint density at radius 1 is 1.17 bits per heavy atom. The predicted octanol–water partition coefficient (Wildman–Crippen LogP) is 3.93. The van der Waals surface area contributed by atoms with Crippen LogP contribution in [-0.2, 0) is 17.8 Å². The minimum atomic E-state index is -0.874. The molecule has 0 saturated carbocycles. The van der Waals surface area contributed by atoms with Gasteiger partial charge in [0.25, 0.3) is 5.91 Å². The molecule has 0 unspecified atom stereocenters. The van der Waals surface area contributed by atoms with Gasteiger partial charge in [0.1, 0.15) is 0 Å². The number of hydrogen-bond donors (Lipinski definition) is 3. The van der Waals surface area contributed by atoms with E-state index in [0.29, 0.717) is 11.3 Å². The lowest BCUT2D eigenvalue weighted by molar-refractivity contribution is -0.136. The van der Waals surface area contributed by atoms with Crippen LogP contribution in [0.2, 0.25) is 0 Å². The monoisotopic (exact) mass is 388 g/mol. The summed E-state index contributed by atoms with van der Waals surface area (Å²) in [5, 5.41) is 17.0. The molecule has 0 aliphatic rings. The van der Waals surface area contributed by atoms with Crippen molar-refractivity contribution in [2.24, 2.45) is 0 Å². The number of anilines is 1. The maximum atomic E-state index is 12.6. The molecule has 3 N–H and O–H groups in total. The van der Waals surface area contributed by atoms with Crippen LogP contribution in [0, 0.1) is 0 Å². The molecule has 0 saturated heterocycles. The second-order valence-corrected chi connectivity index (χ2v) is 6.76. The first-order chi connectivity index (χ1) is 14.0. The summed E-state index contributed by atoms with van der Waals surface area (Å²) in [6.07, 6.45) is 5.08. The van der Waals surface area contributed by atoms with Crippen molar-refractivity contribution in [3.05, 3.63) is 72.2 Å². The Labute approximate surface area is 167 Å². The van der Waals surface area contributed by atoms with Crippen LogP contribution >= 0.6 is 0 Å². The number of aliphatic carboxylic acids is 1. The number of aryl methyl sites for hydroxylation is 1. The number of hydrogen-bond acceptors (Lipinski definition) is 3.